The van der Waals surface area contributed by atoms with Gasteiger partial charge in [0.15, 0.2) is 0 Å². The number of ether oxygens (including phenoxy) is 1. The Hall–Kier alpha value is -3.35. The van der Waals surface area contributed by atoms with Gasteiger partial charge in [0.25, 0.3) is 0 Å². The maximum Gasteiger partial charge on any atom is 0.407 e. The van der Waals surface area contributed by atoms with E-state index in [9.17, 15) is 14.4 Å². The number of fused-ring (bicyclic) bond motifs is 3. The van der Waals surface area contributed by atoms with Gasteiger partial charge in [-0.2, -0.15) is 0 Å². The first-order valence-corrected chi connectivity index (χ1v) is 12.1. The fourth-order valence-corrected chi connectivity index (χ4v) is 5.19. The number of carbonyl (C=O) groups is 3. The molecule has 0 saturated heterocycles. The van der Waals surface area contributed by atoms with E-state index in [1.165, 1.54) is 11.1 Å². The van der Waals surface area contributed by atoms with Crippen LogP contribution in [0, 0.1) is 5.92 Å². The van der Waals surface area contributed by atoms with E-state index in [1.807, 2.05) is 31.2 Å². The minimum Gasteiger partial charge on any atom is -0.481 e. The zero-order valence-electron chi connectivity index (χ0n) is 19.5. The third kappa shape index (κ3) is 5.41. The lowest BCUT2D eigenvalue weighted by Crippen LogP contribution is -2.45. The number of carboxylic acid groups (broad SMARTS) is 1. The molecule has 1 fully saturated rings. The summed E-state index contributed by atoms with van der Waals surface area (Å²) in [5.41, 5.74) is 4.69. The van der Waals surface area contributed by atoms with Gasteiger partial charge in [-0.15, -0.1) is 0 Å². The van der Waals surface area contributed by atoms with Crippen molar-refractivity contribution in [2.75, 3.05) is 6.61 Å². The van der Waals surface area contributed by atoms with E-state index in [-0.39, 0.29) is 42.9 Å². The number of alkyl carbamates (subject to hydrolysis) is 1. The summed E-state index contributed by atoms with van der Waals surface area (Å²) in [6, 6.07) is 15.9. The number of hydrogen-bond acceptors (Lipinski definition) is 4. The van der Waals surface area contributed by atoms with Gasteiger partial charge in [0.1, 0.15) is 6.61 Å². The second kappa shape index (κ2) is 10.7. The van der Waals surface area contributed by atoms with Crippen molar-refractivity contribution in [1.29, 1.82) is 0 Å². The largest absolute Gasteiger partial charge is 0.481 e. The summed E-state index contributed by atoms with van der Waals surface area (Å²) in [4.78, 5) is 36.3. The van der Waals surface area contributed by atoms with Crippen molar-refractivity contribution in [2.45, 2.75) is 63.5 Å². The van der Waals surface area contributed by atoms with E-state index >= 15 is 0 Å². The SMILES string of the molecule is CC[C@@H](CC(=O)O)NC(=O)[C@@H]1CCC[C@H](NC(=O)OCC2c3ccccc3-c3ccccc32)C1. The summed E-state index contributed by atoms with van der Waals surface area (Å²) in [7, 11) is 0. The molecule has 2 aromatic carbocycles. The zero-order valence-corrected chi connectivity index (χ0v) is 19.5. The monoisotopic (exact) mass is 464 g/mol. The number of benzene rings is 2. The van der Waals surface area contributed by atoms with E-state index in [2.05, 4.69) is 34.9 Å². The molecule has 2 aliphatic carbocycles. The molecular formula is C27H32N2O5. The van der Waals surface area contributed by atoms with Gasteiger partial charge in [-0.05, 0) is 47.9 Å². The molecule has 0 bridgehead atoms. The minimum atomic E-state index is -0.925. The van der Waals surface area contributed by atoms with Crippen LogP contribution in [0.5, 0.6) is 0 Å². The number of hydrogen-bond donors (Lipinski definition) is 3. The number of aliphatic carboxylic acids is 1. The number of rotatable bonds is 8. The third-order valence-electron chi connectivity index (χ3n) is 6.97. The van der Waals surface area contributed by atoms with Crippen LogP contribution in [-0.4, -0.2) is 41.8 Å². The molecule has 3 N–H and O–H groups in total. The maximum absolute atomic E-state index is 12.7. The molecular weight excluding hydrogens is 432 g/mol. The molecule has 180 valence electrons. The standard InChI is InChI=1S/C27H32N2O5/c1-2-18(15-25(30)31)28-26(32)17-8-7-9-19(14-17)29-27(33)34-16-24-22-12-5-3-10-20(22)21-11-4-6-13-23(21)24/h3-6,10-13,17-19,24H,2,7-9,14-16H2,1H3,(H,28,32)(H,29,33)(H,30,31)/t17-,18+,19+/m1/s1. The van der Waals surface area contributed by atoms with Crippen LogP contribution in [0.25, 0.3) is 11.1 Å². The molecule has 4 rings (SSSR count). The Balaban J connectivity index is 1.31. The highest BCUT2D eigenvalue weighted by Crippen LogP contribution is 2.44. The number of nitrogens with one attached hydrogen (secondary N) is 2. The molecule has 0 heterocycles. The van der Waals surface area contributed by atoms with Crippen LogP contribution in [-0.2, 0) is 14.3 Å². The van der Waals surface area contributed by atoms with E-state index in [4.69, 9.17) is 9.84 Å². The second-order valence-electron chi connectivity index (χ2n) is 9.24. The van der Waals surface area contributed by atoms with Crippen LogP contribution in [0.2, 0.25) is 0 Å². The fourth-order valence-electron chi connectivity index (χ4n) is 5.19. The highest BCUT2D eigenvalue weighted by atomic mass is 16.5. The molecule has 0 aliphatic heterocycles. The van der Waals surface area contributed by atoms with E-state index < -0.39 is 12.1 Å². The van der Waals surface area contributed by atoms with Gasteiger partial charge in [-0.25, -0.2) is 4.79 Å². The van der Waals surface area contributed by atoms with Crippen LogP contribution in [0.4, 0.5) is 4.79 Å². The molecule has 3 atom stereocenters. The van der Waals surface area contributed by atoms with Gasteiger partial charge < -0.3 is 20.5 Å². The molecule has 0 radical (unpaired) electrons. The van der Waals surface area contributed by atoms with Crippen LogP contribution in [0.15, 0.2) is 48.5 Å². The van der Waals surface area contributed by atoms with Gasteiger partial charge in [0.05, 0.1) is 6.42 Å². The van der Waals surface area contributed by atoms with Crippen LogP contribution in [0.1, 0.15) is 62.5 Å². The molecule has 0 spiro atoms. The normalized spacial score (nSPS) is 20.0. The molecule has 7 nitrogen and oxygen atoms in total. The Bertz CT molecular complexity index is 1010. The summed E-state index contributed by atoms with van der Waals surface area (Å²) in [6.07, 6.45) is 2.88. The Kier molecular flexibility index (Phi) is 7.50. The van der Waals surface area contributed by atoms with Gasteiger partial charge in [-0.3, -0.25) is 9.59 Å². The maximum atomic E-state index is 12.7. The van der Waals surface area contributed by atoms with Crippen molar-refractivity contribution in [3.05, 3.63) is 59.7 Å². The summed E-state index contributed by atoms with van der Waals surface area (Å²) >= 11 is 0. The topological polar surface area (TPSA) is 105 Å². The molecule has 0 unspecified atom stereocenters. The van der Waals surface area contributed by atoms with Gasteiger partial charge in [-0.1, -0.05) is 61.9 Å². The molecule has 0 aromatic heterocycles. The van der Waals surface area contributed by atoms with Crippen LogP contribution >= 0.6 is 0 Å². The number of amides is 2. The molecule has 2 aromatic rings. The molecule has 1 saturated carbocycles. The van der Waals surface area contributed by atoms with Crippen molar-refractivity contribution < 1.29 is 24.2 Å². The van der Waals surface area contributed by atoms with Crippen LogP contribution < -0.4 is 10.6 Å². The lowest BCUT2D eigenvalue weighted by molar-refractivity contribution is -0.138. The quantitative estimate of drug-likeness (QED) is 0.535. The first kappa shape index (κ1) is 23.8. The first-order chi connectivity index (χ1) is 16.5. The zero-order chi connectivity index (χ0) is 24.1. The molecule has 7 heteroatoms. The smallest absolute Gasteiger partial charge is 0.407 e. The lowest BCUT2D eigenvalue weighted by atomic mass is 9.85. The van der Waals surface area contributed by atoms with E-state index in [1.54, 1.807) is 0 Å². The summed E-state index contributed by atoms with van der Waals surface area (Å²) in [6.45, 7) is 2.11. The summed E-state index contributed by atoms with van der Waals surface area (Å²) in [5.74, 6) is -1.29. The van der Waals surface area contributed by atoms with Crippen molar-refractivity contribution >= 4 is 18.0 Å². The Morgan fingerprint density at radius 1 is 1.03 bits per heavy atom. The molecule has 2 aliphatic rings. The van der Waals surface area contributed by atoms with Gasteiger partial charge >= 0.3 is 12.1 Å². The number of carbonyl (C=O) groups excluding carboxylic acids is 2. The minimum absolute atomic E-state index is 0.00300. The van der Waals surface area contributed by atoms with Gasteiger partial charge in [0, 0.05) is 23.9 Å². The third-order valence-corrected chi connectivity index (χ3v) is 6.97. The van der Waals surface area contributed by atoms with Gasteiger partial charge in [0.2, 0.25) is 5.91 Å². The number of carboxylic acids is 1. The highest BCUT2D eigenvalue weighted by Gasteiger charge is 2.31. The molecule has 2 amide bonds. The predicted molar refractivity (Wildman–Crippen MR) is 128 cm³/mol. The fraction of sp³-hybridized carbons (Fsp3) is 0.444. The summed E-state index contributed by atoms with van der Waals surface area (Å²) in [5, 5.41) is 14.8. The van der Waals surface area contributed by atoms with Crippen molar-refractivity contribution in [2.24, 2.45) is 5.92 Å². The van der Waals surface area contributed by atoms with Crippen LogP contribution in [0.3, 0.4) is 0 Å². The van der Waals surface area contributed by atoms with Crippen molar-refractivity contribution in [1.82, 2.24) is 10.6 Å². The second-order valence-corrected chi connectivity index (χ2v) is 9.24. The predicted octanol–water partition coefficient (Wildman–Crippen LogP) is 4.45. The average molecular weight is 465 g/mol. The Labute approximate surface area is 199 Å². The lowest BCUT2D eigenvalue weighted by Gasteiger charge is -2.30. The van der Waals surface area contributed by atoms with Crippen molar-refractivity contribution in [3.8, 4) is 11.1 Å². The Morgan fingerprint density at radius 2 is 1.68 bits per heavy atom. The average Bonchev–Trinajstić information content (AvgIpc) is 3.16. The van der Waals surface area contributed by atoms with Crippen molar-refractivity contribution in [3.63, 3.8) is 0 Å². The first-order valence-electron chi connectivity index (χ1n) is 12.1. The van der Waals surface area contributed by atoms with E-state index in [0.717, 1.165) is 30.4 Å². The molecule has 34 heavy (non-hydrogen) atoms. The summed E-state index contributed by atoms with van der Waals surface area (Å²) < 4.78 is 5.65. The Morgan fingerprint density at radius 3 is 2.29 bits per heavy atom. The highest BCUT2D eigenvalue weighted by molar-refractivity contribution is 5.80. The van der Waals surface area contributed by atoms with E-state index in [0.29, 0.717) is 12.8 Å².